The van der Waals surface area contributed by atoms with Gasteiger partial charge in [-0.1, -0.05) is 0 Å². The van der Waals surface area contributed by atoms with Crippen molar-refractivity contribution in [2.75, 3.05) is 6.54 Å². The van der Waals surface area contributed by atoms with E-state index in [-0.39, 0.29) is 6.04 Å². The van der Waals surface area contributed by atoms with Gasteiger partial charge in [0.05, 0.1) is 23.3 Å². The van der Waals surface area contributed by atoms with E-state index in [1.165, 1.54) is 0 Å². The third-order valence-electron chi connectivity index (χ3n) is 2.81. The summed E-state index contributed by atoms with van der Waals surface area (Å²) in [5.41, 5.74) is 0.872. The van der Waals surface area contributed by atoms with Crippen molar-refractivity contribution in [3.63, 3.8) is 0 Å². The van der Waals surface area contributed by atoms with Gasteiger partial charge >= 0.3 is 0 Å². The Morgan fingerprint density at radius 3 is 2.79 bits per heavy atom. The number of halogens is 1. The molecule has 0 aliphatic heterocycles. The number of aromatic nitrogens is 3. The number of pyridine rings is 1. The second-order valence-corrected chi connectivity index (χ2v) is 5.40. The molecule has 0 aromatic carbocycles. The average molecular weight is 325 g/mol. The van der Waals surface area contributed by atoms with Crippen LogP contribution in [0.1, 0.15) is 18.6 Å². The first-order valence-electron chi connectivity index (χ1n) is 6.14. The molecule has 2 rings (SSSR count). The minimum atomic E-state index is -0.519. The second kappa shape index (κ2) is 6.79. The van der Waals surface area contributed by atoms with E-state index in [0.717, 1.165) is 16.6 Å². The maximum absolute atomic E-state index is 10.0. The van der Waals surface area contributed by atoms with E-state index in [1.807, 2.05) is 23.0 Å². The molecule has 2 N–H and O–H groups in total. The van der Waals surface area contributed by atoms with Crippen molar-refractivity contribution in [2.45, 2.75) is 25.6 Å². The van der Waals surface area contributed by atoms with Crippen molar-refractivity contribution in [1.82, 2.24) is 20.1 Å². The van der Waals surface area contributed by atoms with E-state index in [1.54, 1.807) is 18.6 Å². The summed E-state index contributed by atoms with van der Waals surface area (Å²) in [4.78, 5) is 3.93. The third kappa shape index (κ3) is 4.41. The van der Waals surface area contributed by atoms with Gasteiger partial charge in [-0.3, -0.25) is 9.67 Å². The van der Waals surface area contributed by atoms with Crippen LogP contribution >= 0.6 is 15.9 Å². The smallest absolute Gasteiger partial charge is 0.0915 e. The molecular weight excluding hydrogens is 308 g/mol. The molecule has 0 fully saturated rings. The van der Waals surface area contributed by atoms with E-state index >= 15 is 0 Å². The largest absolute Gasteiger partial charge is 0.387 e. The van der Waals surface area contributed by atoms with Crippen molar-refractivity contribution in [3.05, 3.63) is 47.0 Å². The average Bonchev–Trinajstić information content (AvgIpc) is 2.82. The number of aliphatic hydroxyl groups excluding tert-OH is 1. The second-order valence-electron chi connectivity index (χ2n) is 4.49. The van der Waals surface area contributed by atoms with Crippen molar-refractivity contribution in [1.29, 1.82) is 0 Å². The Hall–Kier alpha value is -1.24. The predicted octanol–water partition coefficient (Wildman–Crippen LogP) is 1.75. The number of hydrogen-bond donors (Lipinski definition) is 2. The van der Waals surface area contributed by atoms with Gasteiger partial charge in [0.15, 0.2) is 0 Å². The van der Waals surface area contributed by atoms with E-state index in [0.29, 0.717) is 6.54 Å². The molecule has 2 aromatic rings. The highest BCUT2D eigenvalue weighted by molar-refractivity contribution is 9.10. The lowest BCUT2D eigenvalue weighted by Crippen LogP contribution is -2.33. The monoisotopic (exact) mass is 324 g/mol. The molecule has 0 amide bonds. The summed E-state index contributed by atoms with van der Waals surface area (Å²) in [6, 6.07) is 3.87. The van der Waals surface area contributed by atoms with Crippen LogP contribution in [-0.4, -0.2) is 32.5 Å². The fraction of sp³-hybridized carbons (Fsp3) is 0.385. The molecule has 0 saturated heterocycles. The van der Waals surface area contributed by atoms with Crippen molar-refractivity contribution >= 4 is 15.9 Å². The normalized spacial score (nSPS) is 14.3. The fourth-order valence-electron chi connectivity index (χ4n) is 1.80. The molecule has 0 radical (unpaired) electrons. The summed E-state index contributed by atoms with van der Waals surface area (Å²) >= 11 is 3.37. The topological polar surface area (TPSA) is 63.0 Å². The van der Waals surface area contributed by atoms with Gasteiger partial charge in [0.25, 0.3) is 0 Å². The Labute approximate surface area is 120 Å². The van der Waals surface area contributed by atoms with Gasteiger partial charge in [0.2, 0.25) is 0 Å². The Morgan fingerprint density at radius 1 is 1.42 bits per heavy atom. The summed E-state index contributed by atoms with van der Waals surface area (Å²) in [6.45, 7) is 3.33. The molecule has 2 aromatic heterocycles. The highest BCUT2D eigenvalue weighted by Gasteiger charge is 2.09. The fourth-order valence-corrected chi connectivity index (χ4v) is 2.13. The summed E-state index contributed by atoms with van der Waals surface area (Å²) < 4.78 is 2.83. The van der Waals surface area contributed by atoms with Gasteiger partial charge in [-0.05, 0) is 40.5 Å². The summed E-state index contributed by atoms with van der Waals surface area (Å²) in [5, 5.41) is 17.5. The number of nitrogens with zero attached hydrogens (tertiary/aromatic N) is 3. The third-order valence-corrected chi connectivity index (χ3v) is 3.22. The molecule has 102 valence electrons. The first kappa shape index (κ1) is 14.2. The molecule has 0 spiro atoms. The maximum atomic E-state index is 10.0. The lowest BCUT2D eigenvalue weighted by molar-refractivity contribution is 0.169. The number of rotatable bonds is 6. The predicted molar refractivity (Wildman–Crippen MR) is 76.6 cm³/mol. The van der Waals surface area contributed by atoms with E-state index in [2.05, 4.69) is 38.3 Å². The van der Waals surface area contributed by atoms with Crippen LogP contribution < -0.4 is 5.32 Å². The molecule has 5 nitrogen and oxygen atoms in total. The van der Waals surface area contributed by atoms with Gasteiger partial charge in [-0.2, -0.15) is 5.10 Å². The molecule has 0 aliphatic rings. The quantitative estimate of drug-likeness (QED) is 0.849. The Morgan fingerprint density at radius 2 is 2.16 bits per heavy atom. The Balaban J connectivity index is 1.79. The summed E-state index contributed by atoms with van der Waals surface area (Å²) in [6.07, 6.45) is 6.54. The molecule has 0 aliphatic carbocycles. The van der Waals surface area contributed by atoms with Crippen LogP contribution in [0.5, 0.6) is 0 Å². The van der Waals surface area contributed by atoms with Crippen LogP contribution in [0.2, 0.25) is 0 Å². The first-order chi connectivity index (χ1) is 9.15. The van der Waals surface area contributed by atoms with Crippen LogP contribution in [0.4, 0.5) is 0 Å². The van der Waals surface area contributed by atoms with Crippen LogP contribution in [0, 0.1) is 0 Å². The highest BCUT2D eigenvalue weighted by Crippen LogP contribution is 2.10. The molecule has 0 bridgehead atoms. The molecule has 2 heterocycles. The molecule has 6 heteroatoms. The van der Waals surface area contributed by atoms with Crippen LogP contribution in [0.3, 0.4) is 0 Å². The Kier molecular flexibility index (Phi) is 5.07. The van der Waals surface area contributed by atoms with Crippen LogP contribution in [0.15, 0.2) is 41.4 Å². The molecule has 19 heavy (non-hydrogen) atoms. The van der Waals surface area contributed by atoms with Gasteiger partial charge in [-0.15, -0.1) is 0 Å². The van der Waals surface area contributed by atoms with E-state index in [9.17, 15) is 5.11 Å². The van der Waals surface area contributed by atoms with Crippen molar-refractivity contribution in [2.24, 2.45) is 0 Å². The molecule has 2 atom stereocenters. The molecular formula is C13H17BrN4O. The van der Waals surface area contributed by atoms with Gasteiger partial charge in [0.1, 0.15) is 0 Å². The maximum Gasteiger partial charge on any atom is 0.0915 e. The van der Waals surface area contributed by atoms with Crippen LogP contribution in [0.25, 0.3) is 0 Å². The minimum Gasteiger partial charge on any atom is -0.387 e. The first-order valence-corrected chi connectivity index (χ1v) is 6.94. The highest BCUT2D eigenvalue weighted by atomic mass is 79.9. The van der Waals surface area contributed by atoms with Gasteiger partial charge in [-0.25, -0.2) is 0 Å². The number of hydrogen-bond acceptors (Lipinski definition) is 4. The molecule has 2 unspecified atom stereocenters. The SMILES string of the molecule is CC(Cn1cc(Br)cn1)NCC(O)c1ccncc1. The Bertz CT molecular complexity index is 502. The zero-order valence-corrected chi connectivity index (χ0v) is 12.3. The van der Waals surface area contributed by atoms with E-state index < -0.39 is 6.10 Å². The minimum absolute atomic E-state index is 0.225. The zero-order chi connectivity index (χ0) is 13.7. The van der Waals surface area contributed by atoms with Gasteiger partial charge < -0.3 is 10.4 Å². The van der Waals surface area contributed by atoms with Crippen molar-refractivity contribution in [3.8, 4) is 0 Å². The lowest BCUT2D eigenvalue weighted by Gasteiger charge is -2.17. The standard InChI is InChI=1S/C13H17BrN4O/c1-10(8-18-9-12(14)6-17-18)16-7-13(19)11-2-4-15-5-3-11/h2-6,9-10,13,16,19H,7-8H2,1H3. The zero-order valence-electron chi connectivity index (χ0n) is 10.7. The number of aliphatic hydroxyl groups is 1. The van der Waals surface area contributed by atoms with Crippen molar-refractivity contribution < 1.29 is 5.11 Å². The summed E-state index contributed by atoms with van der Waals surface area (Å²) in [7, 11) is 0. The van der Waals surface area contributed by atoms with E-state index in [4.69, 9.17) is 0 Å². The van der Waals surface area contributed by atoms with Gasteiger partial charge in [0, 0.05) is 31.2 Å². The van der Waals surface area contributed by atoms with Crippen LogP contribution in [-0.2, 0) is 6.54 Å². The molecule has 0 saturated carbocycles. The number of nitrogens with one attached hydrogen (secondary N) is 1. The lowest BCUT2D eigenvalue weighted by atomic mass is 10.1. The summed E-state index contributed by atoms with van der Waals surface area (Å²) in [5.74, 6) is 0.